The Morgan fingerprint density at radius 2 is 2.21 bits per heavy atom. The van der Waals surface area contributed by atoms with E-state index >= 15 is 0 Å². The molecule has 80 valence electrons. The van der Waals surface area contributed by atoms with Gasteiger partial charge in [0, 0.05) is 5.92 Å². The molecule has 0 spiro atoms. The summed E-state index contributed by atoms with van der Waals surface area (Å²) < 4.78 is 5.62. The average Bonchev–Trinajstić information content (AvgIpc) is 2.75. The van der Waals surface area contributed by atoms with E-state index in [9.17, 15) is 9.90 Å². The van der Waals surface area contributed by atoms with Crippen LogP contribution in [0.3, 0.4) is 0 Å². The molecule has 2 bridgehead atoms. The van der Waals surface area contributed by atoms with E-state index in [1.165, 1.54) is 6.42 Å². The van der Waals surface area contributed by atoms with E-state index in [0.717, 1.165) is 19.1 Å². The van der Waals surface area contributed by atoms with Crippen molar-refractivity contribution in [3.8, 4) is 0 Å². The van der Waals surface area contributed by atoms with Crippen molar-refractivity contribution in [1.29, 1.82) is 0 Å². The lowest BCUT2D eigenvalue weighted by Crippen LogP contribution is -2.35. The zero-order valence-electron chi connectivity index (χ0n) is 8.56. The molecule has 14 heavy (non-hydrogen) atoms. The summed E-state index contributed by atoms with van der Waals surface area (Å²) in [6, 6.07) is 0. The van der Waals surface area contributed by atoms with Gasteiger partial charge in [0.1, 0.15) is 6.29 Å². The van der Waals surface area contributed by atoms with E-state index in [1.54, 1.807) is 0 Å². The van der Waals surface area contributed by atoms with Crippen LogP contribution in [0.4, 0.5) is 0 Å². The van der Waals surface area contributed by atoms with Crippen molar-refractivity contribution < 1.29 is 14.6 Å². The Bertz CT molecular complexity index is 215. The molecule has 0 amide bonds. The van der Waals surface area contributed by atoms with Crippen molar-refractivity contribution >= 4 is 6.29 Å². The molecule has 0 aromatic carbocycles. The third-order valence-electron chi connectivity index (χ3n) is 3.58. The number of aldehydes is 1. The van der Waals surface area contributed by atoms with Crippen molar-refractivity contribution in [2.45, 2.75) is 38.4 Å². The molecule has 2 rings (SSSR count). The molecule has 0 saturated heterocycles. The smallest absolute Gasteiger partial charge is 0.125 e. The fourth-order valence-electron chi connectivity index (χ4n) is 2.75. The predicted octanol–water partition coefficient (Wildman–Crippen LogP) is 0.997. The lowest BCUT2D eigenvalue weighted by atomic mass is 9.95. The van der Waals surface area contributed by atoms with Crippen LogP contribution in [0.25, 0.3) is 0 Å². The van der Waals surface area contributed by atoms with Crippen molar-refractivity contribution in [1.82, 2.24) is 0 Å². The van der Waals surface area contributed by atoms with Crippen LogP contribution in [-0.4, -0.2) is 30.2 Å². The number of carbonyl (C=O) groups is 1. The summed E-state index contributed by atoms with van der Waals surface area (Å²) in [5, 5.41) is 9.85. The minimum absolute atomic E-state index is 0.00356. The Morgan fingerprint density at radius 3 is 2.79 bits per heavy atom. The number of fused-ring (bicyclic) bond motifs is 2. The number of rotatable bonds is 4. The van der Waals surface area contributed by atoms with Gasteiger partial charge in [0.2, 0.25) is 0 Å². The third kappa shape index (κ3) is 1.71. The van der Waals surface area contributed by atoms with Crippen LogP contribution in [0, 0.1) is 17.8 Å². The van der Waals surface area contributed by atoms with Gasteiger partial charge in [0.25, 0.3) is 0 Å². The van der Waals surface area contributed by atoms with Crippen molar-refractivity contribution in [3.63, 3.8) is 0 Å². The third-order valence-corrected chi connectivity index (χ3v) is 3.58. The predicted molar refractivity (Wildman–Crippen MR) is 51.8 cm³/mol. The Labute approximate surface area is 84.4 Å². The quantitative estimate of drug-likeness (QED) is 0.685. The van der Waals surface area contributed by atoms with Gasteiger partial charge in [0.05, 0.1) is 18.8 Å². The minimum Gasteiger partial charge on any atom is -0.390 e. The number of hydrogen-bond donors (Lipinski definition) is 1. The molecule has 2 aliphatic carbocycles. The Kier molecular flexibility index (Phi) is 2.88. The number of carbonyl (C=O) groups excluding carboxylic acids is 1. The minimum atomic E-state index is -0.285. The van der Waals surface area contributed by atoms with Crippen molar-refractivity contribution in [3.05, 3.63) is 0 Å². The summed E-state index contributed by atoms with van der Waals surface area (Å²) in [5.74, 6) is 0.937. The Hall–Kier alpha value is -0.410. The van der Waals surface area contributed by atoms with E-state index in [-0.39, 0.29) is 18.1 Å². The molecule has 0 heterocycles. The zero-order valence-corrected chi connectivity index (χ0v) is 8.56. The second kappa shape index (κ2) is 3.99. The molecule has 0 radical (unpaired) electrons. The molecular formula is C11H18O3. The largest absolute Gasteiger partial charge is 0.390 e. The highest BCUT2D eigenvalue weighted by atomic mass is 16.5. The van der Waals surface area contributed by atoms with E-state index in [0.29, 0.717) is 18.4 Å². The van der Waals surface area contributed by atoms with Crippen LogP contribution in [0.1, 0.15) is 26.2 Å². The van der Waals surface area contributed by atoms with Gasteiger partial charge in [-0.3, -0.25) is 0 Å². The SMILES string of the molecule is CC(C=O)COC1C2CCC(C2)C1O. The molecule has 5 unspecified atom stereocenters. The van der Waals surface area contributed by atoms with Gasteiger partial charge in [-0.15, -0.1) is 0 Å². The summed E-state index contributed by atoms with van der Waals surface area (Å²) in [6.07, 6.45) is 4.06. The molecular weight excluding hydrogens is 180 g/mol. The van der Waals surface area contributed by atoms with E-state index in [1.807, 2.05) is 6.92 Å². The first kappa shape index (κ1) is 10.1. The summed E-state index contributed by atoms with van der Waals surface area (Å²) in [4.78, 5) is 10.4. The van der Waals surface area contributed by atoms with Crippen LogP contribution in [0.15, 0.2) is 0 Å². The molecule has 0 aromatic rings. The fraction of sp³-hybridized carbons (Fsp3) is 0.909. The van der Waals surface area contributed by atoms with E-state index < -0.39 is 0 Å². The van der Waals surface area contributed by atoms with Crippen LogP contribution in [0.2, 0.25) is 0 Å². The van der Waals surface area contributed by atoms with Gasteiger partial charge in [-0.05, 0) is 31.1 Å². The van der Waals surface area contributed by atoms with Crippen LogP contribution in [-0.2, 0) is 9.53 Å². The van der Waals surface area contributed by atoms with Crippen molar-refractivity contribution in [2.24, 2.45) is 17.8 Å². The number of ether oxygens (including phenoxy) is 1. The highest BCUT2D eigenvalue weighted by Crippen LogP contribution is 2.46. The highest BCUT2D eigenvalue weighted by molar-refractivity contribution is 5.52. The second-order valence-electron chi connectivity index (χ2n) is 4.74. The number of aliphatic hydroxyl groups is 1. The summed E-state index contributed by atoms with van der Waals surface area (Å²) in [5.41, 5.74) is 0. The summed E-state index contributed by atoms with van der Waals surface area (Å²) in [6.45, 7) is 2.29. The molecule has 0 aliphatic heterocycles. The molecule has 3 heteroatoms. The first-order chi connectivity index (χ1) is 6.72. The van der Waals surface area contributed by atoms with Crippen LogP contribution < -0.4 is 0 Å². The molecule has 2 aliphatic rings. The highest BCUT2D eigenvalue weighted by Gasteiger charge is 2.47. The van der Waals surface area contributed by atoms with Gasteiger partial charge in [-0.1, -0.05) is 6.92 Å². The Balaban J connectivity index is 1.83. The molecule has 2 saturated carbocycles. The first-order valence-electron chi connectivity index (χ1n) is 5.47. The molecule has 2 fully saturated rings. The van der Waals surface area contributed by atoms with E-state index in [4.69, 9.17) is 4.74 Å². The monoisotopic (exact) mass is 198 g/mol. The number of aliphatic hydroxyl groups excluding tert-OH is 1. The van der Waals surface area contributed by atoms with Gasteiger partial charge in [0.15, 0.2) is 0 Å². The van der Waals surface area contributed by atoms with Crippen LogP contribution >= 0.6 is 0 Å². The normalized spacial score (nSPS) is 42.7. The lowest BCUT2D eigenvalue weighted by Gasteiger charge is -2.27. The second-order valence-corrected chi connectivity index (χ2v) is 4.74. The Morgan fingerprint density at radius 1 is 1.50 bits per heavy atom. The molecule has 3 nitrogen and oxygen atoms in total. The maximum atomic E-state index is 10.4. The van der Waals surface area contributed by atoms with Gasteiger partial charge in [-0.2, -0.15) is 0 Å². The number of hydrogen-bond acceptors (Lipinski definition) is 3. The van der Waals surface area contributed by atoms with Gasteiger partial charge in [-0.25, -0.2) is 0 Å². The van der Waals surface area contributed by atoms with E-state index in [2.05, 4.69) is 0 Å². The van der Waals surface area contributed by atoms with Gasteiger partial charge >= 0.3 is 0 Å². The summed E-state index contributed by atoms with van der Waals surface area (Å²) in [7, 11) is 0. The molecule has 0 aromatic heterocycles. The maximum Gasteiger partial charge on any atom is 0.125 e. The molecule has 5 atom stereocenters. The summed E-state index contributed by atoms with van der Waals surface area (Å²) >= 11 is 0. The van der Waals surface area contributed by atoms with Crippen LogP contribution in [0.5, 0.6) is 0 Å². The topological polar surface area (TPSA) is 46.5 Å². The molecule has 1 N–H and O–H groups in total. The standard InChI is InChI=1S/C11H18O3/c1-7(5-12)6-14-11-9-3-2-8(4-9)10(11)13/h5,7-11,13H,2-4,6H2,1H3. The van der Waals surface area contributed by atoms with Crippen molar-refractivity contribution in [2.75, 3.05) is 6.61 Å². The average molecular weight is 198 g/mol. The lowest BCUT2D eigenvalue weighted by molar-refractivity contribution is -0.116. The first-order valence-corrected chi connectivity index (χ1v) is 5.47. The van der Waals surface area contributed by atoms with Gasteiger partial charge < -0.3 is 14.6 Å². The zero-order chi connectivity index (χ0) is 10.1. The fourth-order valence-corrected chi connectivity index (χ4v) is 2.75. The maximum absolute atomic E-state index is 10.4.